The number of aromatic nitrogens is 5. The number of non-ortho nitro benzene ring substituents is 1. The first kappa shape index (κ1) is 30.2. The molecule has 5 aromatic rings. The second-order valence-electron chi connectivity index (χ2n) is 9.89. The summed E-state index contributed by atoms with van der Waals surface area (Å²) in [5.74, 6) is 0.485. The Morgan fingerprint density at radius 1 is 0.978 bits per heavy atom. The maximum absolute atomic E-state index is 13.5. The van der Waals surface area contributed by atoms with E-state index < -0.39 is 16.7 Å². The standard InChI is InChI=1S/C29H23F3N8O3S2/c30-29(31,32)20-2-1-3-23(16-20)39-26(19-8-10-33-11-9-19)35-36-28(39)45-18-25-34-24(17-44-25)27(41)38-14-12-37(13-15-38)21-4-6-22(7-5-21)40(42)43/h1-11,16-17H,12-15,18H2. The van der Waals surface area contributed by atoms with Gasteiger partial charge in [-0.05, 0) is 42.5 Å². The Labute approximate surface area is 262 Å². The van der Waals surface area contributed by atoms with Crippen molar-refractivity contribution >= 4 is 40.4 Å². The van der Waals surface area contributed by atoms with Crippen molar-refractivity contribution in [2.24, 2.45) is 0 Å². The Kier molecular flexibility index (Phi) is 8.49. The first-order valence-corrected chi connectivity index (χ1v) is 15.4. The van der Waals surface area contributed by atoms with E-state index >= 15 is 0 Å². The lowest BCUT2D eigenvalue weighted by atomic mass is 10.2. The van der Waals surface area contributed by atoms with Gasteiger partial charge in [0.1, 0.15) is 10.7 Å². The fourth-order valence-corrected chi connectivity index (χ4v) is 6.56. The van der Waals surface area contributed by atoms with Gasteiger partial charge < -0.3 is 9.80 Å². The van der Waals surface area contributed by atoms with Crippen LogP contribution in [0.1, 0.15) is 21.1 Å². The van der Waals surface area contributed by atoms with Gasteiger partial charge in [-0.1, -0.05) is 17.8 Å². The Morgan fingerprint density at radius 2 is 1.71 bits per heavy atom. The Hall–Kier alpha value is -4.83. The molecule has 1 aliphatic rings. The third-order valence-corrected chi connectivity index (χ3v) is 9.06. The van der Waals surface area contributed by atoms with Gasteiger partial charge in [0.05, 0.1) is 21.9 Å². The molecule has 0 saturated carbocycles. The number of anilines is 1. The smallest absolute Gasteiger partial charge is 0.368 e. The third kappa shape index (κ3) is 6.66. The fourth-order valence-electron chi connectivity index (χ4n) is 4.82. The lowest BCUT2D eigenvalue weighted by Crippen LogP contribution is -2.48. The first-order chi connectivity index (χ1) is 21.7. The average Bonchev–Trinajstić information content (AvgIpc) is 3.71. The van der Waals surface area contributed by atoms with Crippen molar-refractivity contribution in [3.63, 3.8) is 0 Å². The van der Waals surface area contributed by atoms with Gasteiger partial charge in [0.2, 0.25) is 0 Å². The number of amides is 1. The van der Waals surface area contributed by atoms with Crippen LogP contribution in [0.2, 0.25) is 0 Å². The molecule has 4 heterocycles. The molecule has 0 radical (unpaired) electrons. The molecule has 45 heavy (non-hydrogen) atoms. The molecule has 230 valence electrons. The second-order valence-corrected chi connectivity index (χ2v) is 11.8. The molecule has 0 bridgehead atoms. The molecule has 2 aromatic carbocycles. The average molecular weight is 653 g/mol. The number of halogens is 3. The topological polar surface area (TPSA) is 123 Å². The Balaban J connectivity index is 1.14. The highest BCUT2D eigenvalue weighted by atomic mass is 32.2. The van der Waals surface area contributed by atoms with Crippen molar-refractivity contribution in [3.05, 3.63) is 105 Å². The minimum Gasteiger partial charge on any atom is -0.368 e. The second kappa shape index (κ2) is 12.6. The number of thioether (sulfide) groups is 1. The van der Waals surface area contributed by atoms with Gasteiger partial charge >= 0.3 is 6.18 Å². The van der Waals surface area contributed by atoms with E-state index in [1.807, 2.05) is 0 Å². The minimum atomic E-state index is -4.52. The highest BCUT2D eigenvalue weighted by molar-refractivity contribution is 7.98. The first-order valence-electron chi connectivity index (χ1n) is 13.6. The number of piperazine rings is 1. The Morgan fingerprint density at radius 3 is 2.40 bits per heavy atom. The predicted octanol–water partition coefficient (Wildman–Crippen LogP) is 5.97. The molecule has 6 rings (SSSR count). The van der Waals surface area contributed by atoms with Gasteiger partial charge in [0.25, 0.3) is 11.6 Å². The molecule has 0 aliphatic carbocycles. The van der Waals surface area contributed by atoms with Crippen molar-refractivity contribution in [2.45, 2.75) is 17.1 Å². The SMILES string of the molecule is O=C(c1csc(CSc2nnc(-c3ccncc3)n2-c2cccc(C(F)(F)F)c2)n1)N1CCN(c2ccc([N+](=O)[O-])cc2)CC1. The summed E-state index contributed by atoms with van der Waals surface area (Å²) in [4.78, 5) is 36.0. The lowest BCUT2D eigenvalue weighted by molar-refractivity contribution is -0.384. The molecular formula is C29H23F3N8O3S2. The fraction of sp³-hybridized carbons (Fsp3) is 0.207. The van der Waals surface area contributed by atoms with Gasteiger partial charge in [-0.2, -0.15) is 13.2 Å². The number of nitro benzene ring substituents is 1. The summed E-state index contributed by atoms with van der Waals surface area (Å²) in [6.07, 6.45) is -1.39. The summed E-state index contributed by atoms with van der Waals surface area (Å²) in [5.41, 5.74) is 1.30. The van der Waals surface area contributed by atoms with E-state index in [1.54, 1.807) is 57.6 Å². The molecule has 11 nitrogen and oxygen atoms in total. The van der Waals surface area contributed by atoms with E-state index in [0.29, 0.717) is 59.2 Å². The molecule has 1 fully saturated rings. The maximum Gasteiger partial charge on any atom is 0.416 e. The van der Waals surface area contributed by atoms with Crippen molar-refractivity contribution in [3.8, 4) is 17.1 Å². The van der Waals surface area contributed by atoms with E-state index in [9.17, 15) is 28.1 Å². The summed E-state index contributed by atoms with van der Waals surface area (Å²) in [6, 6.07) is 14.7. The number of alkyl halides is 3. The number of carbonyl (C=O) groups excluding carboxylic acids is 1. The van der Waals surface area contributed by atoms with Crippen LogP contribution in [0, 0.1) is 10.1 Å². The number of nitrogens with zero attached hydrogens (tertiary/aromatic N) is 8. The summed E-state index contributed by atoms with van der Waals surface area (Å²) >= 11 is 2.57. The molecule has 0 atom stereocenters. The van der Waals surface area contributed by atoms with Crippen LogP contribution in [0.4, 0.5) is 24.5 Å². The van der Waals surface area contributed by atoms with Crippen LogP contribution in [0.5, 0.6) is 0 Å². The number of nitro groups is 1. The van der Waals surface area contributed by atoms with Crippen LogP contribution in [-0.2, 0) is 11.9 Å². The molecule has 0 unspecified atom stereocenters. The van der Waals surface area contributed by atoms with Gasteiger partial charge in [-0.3, -0.25) is 24.5 Å². The summed E-state index contributed by atoms with van der Waals surface area (Å²) < 4.78 is 42.1. The summed E-state index contributed by atoms with van der Waals surface area (Å²) in [6.45, 7) is 2.08. The summed E-state index contributed by atoms with van der Waals surface area (Å²) in [5, 5.41) is 22.2. The van der Waals surface area contributed by atoms with Crippen molar-refractivity contribution in [1.82, 2.24) is 29.6 Å². The Bertz CT molecular complexity index is 1820. The molecular weight excluding hydrogens is 630 g/mol. The van der Waals surface area contributed by atoms with Gasteiger partial charge in [-0.25, -0.2) is 4.98 Å². The van der Waals surface area contributed by atoms with Crippen molar-refractivity contribution in [2.75, 3.05) is 31.1 Å². The van der Waals surface area contributed by atoms with Crippen LogP contribution in [-0.4, -0.2) is 66.6 Å². The summed E-state index contributed by atoms with van der Waals surface area (Å²) in [7, 11) is 0. The number of carbonyl (C=O) groups is 1. The van der Waals surface area contributed by atoms with E-state index in [-0.39, 0.29) is 17.3 Å². The van der Waals surface area contributed by atoms with Crippen LogP contribution in [0.15, 0.2) is 83.6 Å². The van der Waals surface area contributed by atoms with Gasteiger partial charge in [0.15, 0.2) is 11.0 Å². The predicted molar refractivity (Wildman–Crippen MR) is 162 cm³/mol. The van der Waals surface area contributed by atoms with Crippen molar-refractivity contribution in [1.29, 1.82) is 0 Å². The van der Waals surface area contributed by atoms with Crippen LogP contribution in [0.25, 0.3) is 17.1 Å². The van der Waals surface area contributed by atoms with Gasteiger partial charge in [-0.15, -0.1) is 21.5 Å². The lowest BCUT2D eigenvalue weighted by Gasteiger charge is -2.35. The largest absolute Gasteiger partial charge is 0.416 e. The number of thiazole rings is 1. The number of rotatable bonds is 8. The molecule has 1 amide bonds. The highest BCUT2D eigenvalue weighted by Crippen LogP contribution is 2.34. The van der Waals surface area contributed by atoms with Crippen molar-refractivity contribution < 1.29 is 22.9 Å². The van der Waals surface area contributed by atoms with E-state index in [4.69, 9.17) is 0 Å². The molecule has 0 spiro atoms. The zero-order valence-electron chi connectivity index (χ0n) is 23.3. The molecule has 1 saturated heterocycles. The van der Waals surface area contributed by atoms with E-state index in [0.717, 1.165) is 17.8 Å². The molecule has 16 heteroatoms. The molecule has 0 N–H and O–H groups in total. The van der Waals surface area contributed by atoms with Crippen LogP contribution < -0.4 is 4.90 Å². The zero-order chi connectivity index (χ0) is 31.6. The minimum absolute atomic E-state index is 0.0233. The highest BCUT2D eigenvalue weighted by Gasteiger charge is 2.31. The number of hydrogen-bond acceptors (Lipinski definition) is 10. The normalized spacial score (nSPS) is 13.7. The monoisotopic (exact) mass is 652 g/mol. The number of benzene rings is 2. The van der Waals surface area contributed by atoms with E-state index in [1.165, 1.54) is 41.3 Å². The third-order valence-electron chi connectivity index (χ3n) is 7.09. The van der Waals surface area contributed by atoms with Crippen LogP contribution >= 0.6 is 23.1 Å². The van der Waals surface area contributed by atoms with E-state index in [2.05, 4.69) is 25.1 Å². The zero-order valence-corrected chi connectivity index (χ0v) is 24.9. The maximum atomic E-state index is 13.5. The van der Waals surface area contributed by atoms with Gasteiger partial charge in [0, 0.05) is 67.3 Å². The quantitative estimate of drug-likeness (QED) is 0.113. The number of hydrogen-bond donors (Lipinski definition) is 0. The van der Waals surface area contributed by atoms with Crippen LogP contribution in [0.3, 0.4) is 0 Å². The molecule has 3 aromatic heterocycles. The molecule has 1 aliphatic heterocycles. The number of pyridine rings is 1.